The van der Waals surface area contributed by atoms with Gasteiger partial charge in [-0.3, -0.25) is 9.13 Å². The molecule has 0 aromatic heterocycles. The first-order valence-electron chi connectivity index (χ1n) is 4.15. The van der Waals surface area contributed by atoms with Crippen molar-refractivity contribution in [1.82, 2.24) is 5.32 Å². The standard InChI is InChI=1S/C5H13NO6P2S/c7-13(8,9)5(14(10,11)12)4-3-6-1-2-15-4/h4-6H,1-3H2,(H2,7,8,9)(H2,10,11,12). The molecule has 0 saturated carbocycles. The van der Waals surface area contributed by atoms with Crippen molar-refractivity contribution >= 4 is 27.0 Å². The molecule has 0 bridgehead atoms. The molecule has 1 atom stereocenters. The van der Waals surface area contributed by atoms with Crippen molar-refractivity contribution in [3.05, 3.63) is 0 Å². The average molecular weight is 277 g/mol. The van der Waals surface area contributed by atoms with Gasteiger partial charge in [0.25, 0.3) is 0 Å². The molecule has 0 radical (unpaired) electrons. The van der Waals surface area contributed by atoms with Gasteiger partial charge in [-0.1, -0.05) is 0 Å². The van der Waals surface area contributed by atoms with Gasteiger partial charge in [-0.25, -0.2) is 0 Å². The van der Waals surface area contributed by atoms with E-state index in [2.05, 4.69) is 5.32 Å². The highest BCUT2D eigenvalue weighted by atomic mass is 32.2. The Morgan fingerprint density at radius 3 is 2.07 bits per heavy atom. The topological polar surface area (TPSA) is 127 Å². The van der Waals surface area contributed by atoms with Crippen LogP contribution in [0.3, 0.4) is 0 Å². The molecular weight excluding hydrogens is 264 g/mol. The molecule has 1 aliphatic rings. The largest absolute Gasteiger partial charge is 0.341 e. The number of hydrogen-bond donors (Lipinski definition) is 5. The molecule has 1 aliphatic heterocycles. The van der Waals surface area contributed by atoms with Crippen molar-refractivity contribution in [2.24, 2.45) is 0 Å². The highest BCUT2D eigenvalue weighted by Gasteiger charge is 2.49. The van der Waals surface area contributed by atoms with Crippen LogP contribution < -0.4 is 5.32 Å². The maximum atomic E-state index is 11.0. The second kappa shape index (κ2) is 4.85. The monoisotopic (exact) mass is 277 g/mol. The fraction of sp³-hybridized carbons (Fsp3) is 1.00. The van der Waals surface area contributed by atoms with E-state index in [9.17, 15) is 9.13 Å². The summed E-state index contributed by atoms with van der Waals surface area (Å²) in [4.78, 5) is 35.8. The minimum Gasteiger partial charge on any atom is -0.324 e. The fourth-order valence-electron chi connectivity index (χ4n) is 1.41. The predicted molar refractivity (Wildman–Crippen MR) is 57.0 cm³/mol. The number of hydrogen-bond acceptors (Lipinski definition) is 4. The van der Waals surface area contributed by atoms with Crippen LogP contribution in [-0.4, -0.2) is 49.1 Å². The lowest BCUT2D eigenvalue weighted by Crippen LogP contribution is -2.39. The Labute approximate surface area is 91.0 Å². The van der Waals surface area contributed by atoms with Gasteiger partial charge >= 0.3 is 15.2 Å². The van der Waals surface area contributed by atoms with E-state index < -0.39 is 25.8 Å². The van der Waals surface area contributed by atoms with E-state index in [1.165, 1.54) is 11.8 Å². The second-order valence-electron chi connectivity index (χ2n) is 3.21. The molecule has 0 amide bonds. The molecule has 15 heavy (non-hydrogen) atoms. The van der Waals surface area contributed by atoms with Gasteiger partial charge in [0.15, 0.2) is 5.40 Å². The Bertz CT molecular complexity index is 285. The van der Waals surface area contributed by atoms with Gasteiger partial charge in [0.1, 0.15) is 0 Å². The van der Waals surface area contributed by atoms with Crippen LogP contribution in [0.4, 0.5) is 0 Å². The Kier molecular flexibility index (Phi) is 4.43. The number of thioether (sulfide) groups is 1. The molecule has 10 heteroatoms. The maximum Gasteiger partial charge on any atom is 0.341 e. The number of nitrogens with one attached hydrogen (secondary N) is 1. The number of rotatable bonds is 3. The molecule has 0 aromatic carbocycles. The summed E-state index contributed by atoms with van der Waals surface area (Å²) in [5, 5.41) is 0.202. The third-order valence-corrected chi connectivity index (χ3v) is 7.59. The molecule has 0 spiro atoms. The first-order chi connectivity index (χ1) is 6.73. The van der Waals surface area contributed by atoms with Crippen molar-refractivity contribution in [3.8, 4) is 0 Å². The Balaban J connectivity index is 2.91. The zero-order valence-corrected chi connectivity index (χ0v) is 10.3. The first-order valence-corrected chi connectivity index (χ1v) is 8.57. The lowest BCUT2D eigenvalue weighted by Gasteiger charge is -2.30. The SMILES string of the molecule is O=P(O)(O)C(C1CNCCS1)P(=O)(O)O. The lowest BCUT2D eigenvalue weighted by atomic mass is 10.4. The molecular formula is C5H13NO6P2S. The molecule has 7 nitrogen and oxygen atoms in total. The van der Waals surface area contributed by atoms with E-state index in [1.54, 1.807) is 0 Å². The van der Waals surface area contributed by atoms with E-state index in [1.807, 2.05) is 0 Å². The quantitative estimate of drug-likeness (QED) is 0.432. The van der Waals surface area contributed by atoms with Crippen molar-refractivity contribution in [3.63, 3.8) is 0 Å². The molecule has 0 aromatic rings. The van der Waals surface area contributed by atoms with Crippen LogP contribution in [0.5, 0.6) is 0 Å². The molecule has 90 valence electrons. The Hall–Kier alpha value is 0.610. The third kappa shape index (κ3) is 3.84. The summed E-state index contributed by atoms with van der Waals surface area (Å²) < 4.78 is 22.1. The zero-order valence-electron chi connectivity index (χ0n) is 7.68. The summed E-state index contributed by atoms with van der Waals surface area (Å²) in [6.45, 7) is 0.877. The van der Waals surface area contributed by atoms with Gasteiger partial charge in [0, 0.05) is 24.1 Å². The Morgan fingerprint density at radius 1 is 1.20 bits per heavy atom. The smallest absolute Gasteiger partial charge is 0.324 e. The molecule has 0 aliphatic carbocycles. The van der Waals surface area contributed by atoms with Crippen LogP contribution >= 0.6 is 27.0 Å². The lowest BCUT2D eigenvalue weighted by molar-refractivity contribution is 0.335. The average Bonchev–Trinajstić information content (AvgIpc) is 2.00. The summed E-state index contributed by atoms with van der Waals surface area (Å²) in [5.74, 6) is 0.584. The van der Waals surface area contributed by atoms with Crippen LogP contribution in [0, 0.1) is 0 Å². The van der Waals surface area contributed by atoms with Gasteiger partial charge < -0.3 is 24.9 Å². The maximum absolute atomic E-state index is 11.0. The van der Waals surface area contributed by atoms with E-state index in [0.717, 1.165) is 0 Å². The molecule has 1 heterocycles. The van der Waals surface area contributed by atoms with Crippen LogP contribution in [-0.2, 0) is 9.13 Å². The highest BCUT2D eigenvalue weighted by Crippen LogP contribution is 2.63. The van der Waals surface area contributed by atoms with Crippen LogP contribution in [0.25, 0.3) is 0 Å². The van der Waals surface area contributed by atoms with Crippen molar-refractivity contribution < 1.29 is 28.7 Å². The van der Waals surface area contributed by atoms with E-state index in [0.29, 0.717) is 12.3 Å². The van der Waals surface area contributed by atoms with Gasteiger partial charge in [0.05, 0.1) is 0 Å². The first kappa shape index (κ1) is 13.7. The molecule has 5 N–H and O–H groups in total. The molecule has 1 saturated heterocycles. The van der Waals surface area contributed by atoms with Crippen molar-refractivity contribution in [2.45, 2.75) is 10.7 Å². The van der Waals surface area contributed by atoms with Crippen molar-refractivity contribution in [2.75, 3.05) is 18.8 Å². The van der Waals surface area contributed by atoms with Crippen molar-refractivity contribution in [1.29, 1.82) is 0 Å². The third-order valence-electron chi connectivity index (χ3n) is 1.98. The summed E-state index contributed by atoms with van der Waals surface area (Å²) in [5.41, 5.74) is 0. The van der Waals surface area contributed by atoms with Gasteiger partial charge in [-0.2, -0.15) is 11.8 Å². The summed E-state index contributed by atoms with van der Waals surface area (Å²) >= 11 is 1.18. The van der Waals surface area contributed by atoms with Crippen LogP contribution in [0.15, 0.2) is 0 Å². The van der Waals surface area contributed by atoms with Gasteiger partial charge in [-0.15, -0.1) is 0 Å². The second-order valence-corrected chi connectivity index (χ2v) is 8.43. The van der Waals surface area contributed by atoms with Gasteiger partial charge in [0.2, 0.25) is 0 Å². The predicted octanol–water partition coefficient (Wildman–Crippen LogP) is -0.627. The fourth-order valence-corrected chi connectivity index (χ4v) is 6.49. The molecule has 1 unspecified atom stereocenters. The zero-order chi connectivity index (χ0) is 11.7. The highest BCUT2D eigenvalue weighted by molar-refractivity contribution is 8.00. The summed E-state index contributed by atoms with van der Waals surface area (Å²) in [6.07, 6.45) is 0. The minimum atomic E-state index is -4.79. The van der Waals surface area contributed by atoms with Gasteiger partial charge in [-0.05, 0) is 0 Å². The van der Waals surface area contributed by atoms with Crippen LogP contribution in [0.2, 0.25) is 0 Å². The van der Waals surface area contributed by atoms with E-state index >= 15 is 0 Å². The van der Waals surface area contributed by atoms with E-state index in [-0.39, 0.29) is 6.54 Å². The molecule has 1 fully saturated rings. The minimum absolute atomic E-state index is 0.200. The summed E-state index contributed by atoms with van der Waals surface area (Å²) in [7, 11) is -9.58. The van der Waals surface area contributed by atoms with Crippen LogP contribution in [0.1, 0.15) is 0 Å². The van der Waals surface area contributed by atoms with E-state index in [4.69, 9.17) is 19.6 Å². The summed E-state index contributed by atoms with van der Waals surface area (Å²) in [6, 6.07) is 0. The normalized spacial score (nSPS) is 24.5. The molecule has 1 rings (SSSR count). The Morgan fingerprint density at radius 2 is 1.73 bits per heavy atom.